The van der Waals surface area contributed by atoms with Gasteiger partial charge < -0.3 is 9.47 Å². The second kappa shape index (κ2) is 4.52. The Kier molecular flexibility index (Phi) is 3.26. The lowest BCUT2D eigenvalue weighted by molar-refractivity contribution is -0.210. The summed E-state index contributed by atoms with van der Waals surface area (Å²) in [7, 11) is 0. The van der Waals surface area contributed by atoms with E-state index in [0.717, 1.165) is 18.3 Å². The van der Waals surface area contributed by atoms with Gasteiger partial charge in [0.05, 0.1) is 13.2 Å². The SMILES string of the molecule is CC1(C)C=CC=C(C=O)C1C1OCCCO1. The number of hydrogen-bond donors (Lipinski definition) is 0. The van der Waals surface area contributed by atoms with E-state index in [4.69, 9.17) is 9.47 Å². The molecule has 3 nitrogen and oxygen atoms in total. The summed E-state index contributed by atoms with van der Waals surface area (Å²) in [5, 5.41) is 0. The Morgan fingerprint density at radius 3 is 2.69 bits per heavy atom. The summed E-state index contributed by atoms with van der Waals surface area (Å²) >= 11 is 0. The van der Waals surface area contributed by atoms with Crippen molar-refractivity contribution in [2.75, 3.05) is 13.2 Å². The van der Waals surface area contributed by atoms with Gasteiger partial charge in [-0.15, -0.1) is 0 Å². The number of rotatable bonds is 2. The first-order chi connectivity index (χ1) is 7.65. The molecule has 1 atom stereocenters. The third kappa shape index (κ3) is 2.11. The molecule has 0 aromatic rings. The molecule has 1 fully saturated rings. The van der Waals surface area contributed by atoms with Crippen LogP contribution in [0.15, 0.2) is 23.8 Å². The zero-order valence-corrected chi connectivity index (χ0v) is 9.81. The fourth-order valence-corrected chi connectivity index (χ4v) is 2.36. The number of allylic oxidation sites excluding steroid dienone is 3. The second-order valence-electron chi connectivity index (χ2n) is 4.91. The van der Waals surface area contributed by atoms with Crippen LogP contribution in [-0.4, -0.2) is 25.8 Å². The molecule has 1 heterocycles. The average molecular weight is 222 g/mol. The summed E-state index contributed by atoms with van der Waals surface area (Å²) in [6.45, 7) is 5.64. The van der Waals surface area contributed by atoms with Crippen LogP contribution in [0.1, 0.15) is 20.3 Å². The maximum atomic E-state index is 11.1. The highest BCUT2D eigenvalue weighted by Crippen LogP contribution is 2.40. The lowest BCUT2D eigenvalue weighted by Gasteiger charge is -2.40. The van der Waals surface area contributed by atoms with Crippen LogP contribution in [-0.2, 0) is 14.3 Å². The first kappa shape index (κ1) is 11.6. The quantitative estimate of drug-likeness (QED) is 0.671. The number of carbonyl (C=O) groups is 1. The van der Waals surface area contributed by atoms with Crippen LogP contribution >= 0.6 is 0 Å². The minimum Gasteiger partial charge on any atom is -0.352 e. The molecule has 1 unspecified atom stereocenters. The normalized spacial score (nSPS) is 29.9. The fraction of sp³-hybridized carbons (Fsp3) is 0.615. The molecular formula is C13H18O3. The summed E-state index contributed by atoms with van der Waals surface area (Å²) in [5.74, 6) is -0.00435. The van der Waals surface area contributed by atoms with Gasteiger partial charge in [-0.05, 0) is 11.8 Å². The van der Waals surface area contributed by atoms with E-state index in [1.807, 2.05) is 12.2 Å². The van der Waals surface area contributed by atoms with Gasteiger partial charge in [0, 0.05) is 11.5 Å². The Morgan fingerprint density at radius 1 is 1.38 bits per heavy atom. The van der Waals surface area contributed by atoms with E-state index in [2.05, 4.69) is 19.9 Å². The minimum atomic E-state index is -0.287. The molecule has 0 aromatic carbocycles. The van der Waals surface area contributed by atoms with Crippen molar-refractivity contribution in [1.82, 2.24) is 0 Å². The molecule has 0 radical (unpaired) electrons. The molecule has 1 aliphatic carbocycles. The van der Waals surface area contributed by atoms with Crippen molar-refractivity contribution in [3.8, 4) is 0 Å². The smallest absolute Gasteiger partial charge is 0.165 e. The van der Waals surface area contributed by atoms with E-state index >= 15 is 0 Å². The Hall–Kier alpha value is -0.930. The lowest BCUT2D eigenvalue weighted by atomic mass is 9.71. The number of ether oxygens (including phenoxy) is 2. The van der Waals surface area contributed by atoms with Crippen molar-refractivity contribution in [3.05, 3.63) is 23.8 Å². The van der Waals surface area contributed by atoms with Gasteiger partial charge in [0.1, 0.15) is 6.29 Å². The second-order valence-corrected chi connectivity index (χ2v) is 4.91. The summed E-state index contributed by atoms with van der Waals surface area (Å²) in [4.78, 5) is 11.1. The zero-order valence-electron chi connectivity index (χ0n) is 9.81. The van der Waals surface area contributed by atoms with Crippen molar-refractivity contribution in [3.63, 3.8) is 0 Å². The summed E-state index contributed by atoms with van der Waals surface area (Å²) < 4.78 is 11.3. The van der Waals surface area contributed by atoms with E-state index in [1.165, 1.54) is 0 Å². The van der Waals surface area contributed by atoms with Crippen LogP contribution in [0.25, 0.3) is 0 Å². The maximum absolute atomic E-state index is 11.1. The van der Waals surface area contributed by atoms with E-state index in [9.17, 15) is 4.79 Å². The predicted molar refractivity (Wildman–Crippen MR) is 60.9 cm³/mol. The molecule has 0 amide bonds. The lowest BCUT2D eigenvalue weighted by Crippen LogP contribution is -2.41. The van der Waals surface area contributed by atoms with Crippen molar-refractivity contribution in [2.45, 2.75) is 26.6 Å². The number of hydrogen-bond acceptors (Lipinski definition) is 3. The van der Waals surface area contributed by atoms with E-state index in [-0.39, 0.29) is 17.6 Å². The molecule has 2 aliphatic rings. The monoisotopic (exact) mass is 222 g/mol. The summed E-state index contributed by atoms with van der Waals surface area (Å²) in [5.41, 5.74) is 0.659. The minimum absolute atomic E-state index is 0.00435. The molecular weight excluding hydrogens is 204 g/mol. The molecule has 0 bridgehead atoms. The molecule has 0 spiro atoms. The Bertz CT molecular complexity index is 322. The molecule has 1 aliphatic heterocycles. The molecule has 3 heteroatoms. The van der Waals surface area contributed by atoms with Crippen LogP contribution < -0.4 is 0 Å². The van der Waals surface area contributed by atoms with Gasteiger partial charge in [0.25, 0.3) is 0 Å². The summed E-state index contributed by atoms with van der Waals surface area (Å²) in [6, 6.07) is 0. The molecule has 0 N–H and O–H groups in total. The molecule has 1 saturated heterocycles. The van der Waals surface area contributed by atoms with Gasteiger partial charge in [0.15, 0.2) is 6.29 Å². The van der Waals surface area contributed by atoms with Crippen LogP contribution in [0, 0.1) is 11.3 Å². The van der Waals surface area contributed by atoms with Crippen molar-refractivity contribution < 1.29 is 14.3 Å². The van der Waals surface area contributed by atoms with E-state index < -0.39 is 0 Å². The molecule has 16 heavy (non-hydrogen) atoms. The van der Waals surface area contributed by atoms with Crippen molar-refractivity contribution in [1.29, 1.82) is 0 Å². The van der Waals surface area contributed by atoms with Gasteiger partial charge in [0.2, 0.25) is 0 Å². The van der Waals surface area contributed by atoms with Gasteiger partial charge in [-0.25, -0.2) is 0 Å². The standard InChI is InChI=1S/C13H18O3/c1-13(2)6-3-5-10(9-14)11(13)12-15-7-4-8-16-12/h3,5-6,9,11-12H,4,7-8H2,1-2H3. The average Bonchev–Trinajstić information content (AvgIpc) is 2.28. The number of carbonyl (C=O) groups excluding carboxylic acids is 1. The van der Waals surface area contributed by atoms with Crippen molar-refractivity contribution in [2.24, 2.45) is 11.3 Å². The van der Waals surface area contributed by atoms with Crippen LogP contribution in [0.2, 0.25) is 0 Å². The zero-order chi connectivity index (χ0) is 11.6. The van der Waals surface area contributed by atoms with Crippen LogP contribution in [0.4, 0.5) is 0 Å². The maximum Gasteiger partial charge on any atom is 0.165 e. The highest BCUT2D eigenvalue weighted by Gasteiger charge is 2.40. The molecule has 88 valence electrons. The third-order valence-corrected chi connectivity index (χ3v) is 3.24. The highest BCUT2D eigenvalue weighted by atomic mass is 16.7. The summed E-state index contributed by atoms with van der Waals surface area (Å²) in [6.07, 6.45) is 7.45. The van der Waals surface area contributed by atoms with Crippen LogP contribution in [0.3, 0.4) is 0 Å². The highest BCUT2D eigenvalue weighted by molar-refractivity contribution is 5.75. The first-order valence-corrected chi connectivity index (χ1v) is 5.73. The Morgan fingerprint density at radius 2 is 2.06 bits per heavy atom. The Balaban J connectivity index is 2.23. The third-order valence-electron chi connectivity index (χ3n) is 3.24. The van der Waals surface area contributed by atoms with E-state index in [1.54, 1.807) is 0 Å². The van der Waals surface area contributed by atoms with Gasteiger partial charge in [-0.2, -0.15) is 0 Å². The van der Waals surface area contributed by atoms with Gasteiger partial charge >= 0.3 is 0 Å². The van der Waals surface area contributed by atoms with Crippen LogP contribution in [0.5, 0.6) is 0 Å². The molecule has 0 saturated carbocycles. The predicted octanol–water partition coefficient (Wildman–Crippen LogP) is 2.09. The fourth-order valence-electron chi connectivity index (χ4n) is 2.36. The van der Waals surface area contributed by atoms with Gasteiger partial charge in [-0.1, -0.05) is 32.1 Å². The largest absolute Gasteiger partial charge is 0.352 e. The van der Waals surface area contributed by atoms with Crippen molar-refractivity contribution >= 4 is 6.29 Å². The number of aldehydes is 1. The van der Waals surface area contributed by atoms with Gasteiger partial charge in [-0.3, -0.25) is 4.79 Å². The first-order valence-electron chi connectivity index (χ1n) is 5.73. The Labute approximate surface area is 96.1 Å². The molecule has 2 rings (SSSR count). The topological polar surface area (TPSA) is 35.5 Å². The van der Waals surface area contributed by atoms with E-state index in [0.29, 0.717) is 13.2 Å². The molecule has 0 aromatic heterocycles.